The predicted molar refractivity (Wildman–Crippen MR) is 94.3 cm³/mol. The van der Waals surface area contributed by atoms with Gasteiger partial charge in [0, 0.05) is 24.4 Å². The molecule has 0 radical (unpaired) electrons. The number of benzene rings is 1. The van der Waals surface area contributed by atoms with Gasteiger partial charge in [-0.2, -0.15) is 5.10 Å². The molecule has 1 fully saturated rings. The fourth-order valence-electron chi connectivity index (χ4n) is 3.48. The summed E-state index contributed by atoms with van der Waals surface area (Å²) in [6, 6.07) is 9.70. The van der Waals surface area contributed by atoms with Crippen molar-refractivity contribution in [2.24, 2.45) is 0 Å². The first-order chi connectivity index (χ1) is 12.2. The number of aliphatic hydroxyl groups excluding tert-OH is 1. The molecule has 0 unspecified atom stereocenters. The first kappa shape index (κ1) is 17.6. The van der Waals surface area contributed by atoms with Crippen molar-refractivity contribution < 1.29 is 14.6 Å². The van der Waals surface area contributed by atoms with Gasteiger partial charge in [0.25, 0.3) is 0 Å². The van der Waals surface area contributed by atoms with Crippen LogP contribution in [0.2, 0.25) is 0 Å². The van der Waals surface area contributed by atoms with E-state index >= 15 is 0 Å². The number of carbonyl (C=O) groups excluding carboxylic acids is 1. The number of methoxy groups -OCH3 is 1. The molecule has 1 aliphatic heterocycles. The Morgan fingerprint density at radius 1 is 1.24 bits per heavy atom. The molecule has 0 saturated carbocycles. The van der Waals surface area contributed by atoms with E-state index < -0.39 is 0 Å². The zero-order valence-electron chi connectivity index (χ0n) is 14.6. The van der Waals surface area contributed by atoms with E-state index in [9.17, 15) is 4.79 Å². The van der Waals surface area contributed by atoms with Crippen LogP contribution in [-0.4, -0.2) is 52.6 Å². The zero-order valence-corrected chi connectivity index (χ0v) is 14.6. The normalized spacial score (nSPS) is 16.1. The second-order valence-corrected chi connectivity index (χ2v) is 6.44. The number of nitrogens with zero attached hydrogens (tertiary/aromatic N) is 3. The minimum atomic E-state index is -0.299. The van der Waals surface area contributed by atoms with E-state index in [4.69, 9.17) is 9.84 Å². The van der Waals surface area contributed by atoms with Crippen LogP contribution in [0, 0.1) is 0 Å². The van der Waals surface area contributed by atoms with Crippen molar-refractivity contribution in [1.29, 1.82) is 0 Å². The topological polar surface area (TPSA) is 67.6 Å². The van der Waals surface area contributed by atoms with Gasteiger partial charge in [0.05, 0.1) is 25.8 Å². The number of aromatic nitrogens is 2. The van der Waals surface area contributed by atoms with Crippen LogP contribution in [0.3, 0.4) is 0 Å². The molecule has 3 rings (SSSR count). The van der Waals surface area contributed by atoms with Gasteiger partial charge in [-0.3, -0.25) is 9.58 Å². The van der Waals surface area contributed by atoms with Crippen LogP contribution in [-0.2, 0) is 17.8 Å². The van der Waals surface area contributed by atoms with E-state index in [-0.39, 0.29) is 12.6 Å². The number of likely N-dealkylation sites (tertiary alicyclic amines) is 1. The summed E-state index contributed by atoms with van der Waals surface area (Å²) in [6.07, 6.45) is 4.01. The zero-order chi connectivity index (χ0) is 17.6. The first-order valence-electron chi connectivity index (χ1n) is 8.73. The van der Waals surface area contributed by atoms with Crippen LogP contribution in [0.15, 0.2) is 36.5 Å². The van der Waals surface area contributed by atoms with Gasteiger partial charge in [-0.25, -0.2) is 4.79 Å². The number of ether oxygens (including phenoxy) is 1. The minimum Gasteiger partial charge on any atom is -0.465 e. The smallest absolute Gasteiger partial charge is 0.337 e. The van der Waals surface area contributed by atoms with Crippen molar-refractivity contribution in [3.05, 3.63) is 53.3 Å². The van der Waals surface area contributed by atoms with E-state index in [1.807, 2.05) is 35.1 Å². The van der Waals surface area contributed by atoms with Crippen LogP contribution in [0.1, 0.15) is 40.4 Å². The molecule has 0 atom stereocenters. The molecule has 1 aliphatic rings. The summed E-state index contributed by atoms with van der Waals surface area (Å²) in [5.74, 6) is 0.207. The molecule has 1 N–H and O–H groups in total. The largest absolute Gasteiger partial charge is 0.465 e. The maximum absolute atomic E-state index is 11.5. The second-order valence-electron chi connectivity index (χ2n) is 6.44. The lowest BCUT2D eigenvalue weighted by atomic mass is 9.93. The highest BCUT2D eigenvalue weighted by Gasteiger charge is 2.23. The van der Waals surface area contributed by atoms with Gasteiger partial charge < -0.3 is 9.84 Å². The van der Waals surface area contributed by atoms with Gasteiger partial charge in [-0.1, -0.05) is 12.1 Å². The Balaban J connectivity index is 1.54. The standard InChI is InChI=1S/C19H25N3O3/c1-25-19(24)17-4-2-15(3-5-17)14-21-10-7-16(8-11-21)18-6-9-20-22(18)12-13-23/h2-6,9,16,23H,7-8,10-14H2,1H3. The average Bonchev–Trinajstić information content (AvgIpc) is 3.11. The third-order valence-corrected chi connectivity index (χ3v) is 4.85. The Bertz CT molecular complexity index is 688. The van der Waals surface area contributed by atoms with E-state index in [0.717, 1.165) is 32.5 Å². The Morgan fingerprint density at radius 3 is 2.60 bits per heavy atom. The summed E-state index contributed by atoms with van der Waals surface area (Å²) in [5, 5.41) is 13.4. The van der Waals surface area contributed by atoms with Crippen LogP contribution < -0.4 is 0 Å². The fourth-order valence-corrected chi connectivity index (χ4v) is 3.48. The van der Waals surface area contributed by atoms with E-state index in [1.54, 1.807) is 0 Å². The van der Waals surface area contributed by atoms with Crippen molar-refractivity contribution in [3.63, 3.8) is 0 Å². The minimum absolute atomic E-state index is 0.120. The summed E-state index contributed by atoms with van der Waals surface area (Å²) >= 11 is 0. The summed E-state index contributed by atoms with van der Waals surface area (Å²) in [7, 11) is 1.40. The molecule has 2 heterocycles. The van der Waals surface area contributed by atoms with Crippen molar-refractivity contribution in [1.82, 2.24) is 14.7 Å². The highest BCUT2D eigenvalue weighted by molar-refractivity contribution is 5.89. The van der Waals surface area contributed by atoms with Crippen molar-refractivity contribution >= 4 is 5.97 Å². The molecule has 1 aromatic carbocycles. The van der Waals surface area contributed by atoms with Gasteiger partial charge in [0.1, 0.15) is 0 Å². The van der Waals surface area contributed by atoms with Gasteiger partial charge in [0.15, 0.2) is 0 Å². The molecule has 6 heteroatoms. The van der Waals surface area contributed by atoms with E-state index in [1.165, 1.54) is 18.4 Å². The number of piperidine rings is 1. The predicted octanol–water partition coefficient (Wildman–Crippen LogP) is 2.04. The fraction of sp³-hybridized carbons (Fsp3) is 0.474. The van der Waals surface area contributed by atoms with Gasteiger partial charge >= 0.3 is 5.97 Å². The number of hydrogen-bond donors (Lipinski definition) is 1. The summed E-state index contributed by atoms with van der Waals surface area (Å²) in [5.41, 5.74) is 3.02. The monoisotopic (exact) mass is 343 g/mol. The van der Waals surface area contributed by atoms with Gasteiger partial charge in [-0.15, -0.1) is 0 Å². The molecule has 0 aliphatic carbocycles. The SMILES string of the molecule is COC(=O)c1ccc(CN2CCC(c3ccnn3CCO)CC2)cc1. The Kier molecular flexibility index (Phi) is 5.83. The van der Waals surface area contributed by atoms with Crippen LogP contribution in [0.25, 0.3) is 0 Å². The summed E-state index contributed by atoms with van der Waals surface area (Å²) in [4.78, 5) is 13.9. The molecule has 2 aromatic rings. The average molecular weight is 343 g/mol. The third kappa shape index (κ3) is 4.27. The van der Waals surface area contributed by atoms with Crippen LogP contribution in [0.4, 0.5) is 0 Å². The molecule has 25 heavy (non-hydrogen) atoms. The molecule has 1 saturated heterocycles. The lowest BCUT2D eigenvalue weighted by molar-refractivity contribution is 0.0600. The Labute approximate surface area is 148 Å². The number of esters is 1. The Morgan fingerprint density at radius 2 is 1.96 bits per heavy atom. The maximum Gasteiger partial charge on any atom is 0.337 e. The van der Waals surface area contributed by atoms with Gasteiger partial charge in [-0.05, 0) is 49.7 Å². The highest BCUT2D eigenvalue weighted by Crippen LogP contribution is 2.28. The molecule has 1 aromatic heterocycles. The number of aliphatic hydroxyl groups is 1. The lowest BCUT2D eigenvalue weighted by Gasteiger charge is -2.32. The van der Waals surface area contributed by atoms with Crippen LogP contribution >= 0.6 is 0 Å². The van der Waals surface area contributed by atoms with Crippen molar-refractivity contribution in [2.45, 2.75) is 31.8 Å². The summed E-state index contributed by atoms with van der Waals surface area (Å²) < 4.78 is 6.65. The number of hydrogen-bond acceptors (Lipinski definition) is 5. The molecule has 0 spiro atoms. The second kappa shape index (κ2) is 8.27. The molecule has 0 amide bonds. The third-order valence-electron chi connectivity index (χ3n) is 4.85. The number of carbonyl (C=O) groups is 1. The molecular formula is C19H25N3O3. The van der Waals surface area contributed by atoms with Crippen molar-refractivity contribution in [2.75, 3.05) is 26.8 Å². The van der Waals surface area contributed by atoms with Crippen molar-refractivity contribution in [3.8, 4) is 0 Å². The van der Waals surface area contributed by atoms with E-state index in [0.29, 0.717) is 18.0 Å². The highest BCUT2D eigenvalue weighted by atomic mass is 16.5. The number of rotatable bonds is 6. The van der Waals surface area contributed by atoms with E-state index in [2.05, 4.69) is 16.1 Å². The van der Waals surface area contributed by atoms with Gasteiger partial charge in [0.2, 0.25) is 0 Å². The molecule has 0 bridgehead atoms. The molecule has 134 valence electrons. The Hall–Kier alpha value is -2.18. The first-order valence-corrected chi connectivity index (χ1v) is 8.73. The summed E-state index contributed by atoms with van der Waals surface area (Å²) in [6.45, 7) is 3.65. The quantitative estimate of drug-likeness (QED) is 0.813. The van der Waals surface area contributed by atoms with Crippen LogP contribution in [0.5, 0.6) is 0 Å². The molecular weight excluding hydrogens is 318 g/mol. The molecule has 6 nitrogen and oxygen atoms in total. The maximum atomic E-state index is 11.5. The lowest BCUT2D eigenvalue weighted by Crippen LogP contribution is -2.33.